The summed E-state index contributed by atoms with van der Waals surface area (Å²) in [7, 11) is 0. The Morgan fingerprint density at radius 2 is 1.88 bits per heavy atom. The van der Waals surface area contributed by atoms with Gasteiger partial charge in [0, 0.05) is 10.9 Å². The molecule has 0 unspecified atom stereocenters. The average molecular weight is 321 g/mol. The van der Waals surface area contributed by atoms with Crippen LogP contribution in [0.25, 0.3) is 0 Å². The number of carbonyl (C=O) groups excluding carboxylic acids is 1. The fourth-order valence-corrected chi connectivity index (χ4v) is 2.42. The maximum atomic E-state index is 13.4. The van der Waals surface area contributed by atoms with Gasteiger partial charge in [-0.25, -0.2) is 13.2 Å². The molecular weight excluding hydrogens is 317 g/mol. The number of halogens is 4. The molecule has 0 N–H and O–H groups in total. The molecule has 1 heterocycles. The molecule has 1 aromatic carbocycles. The minimum atomic E-state index is -1.63. The van der Waals surface area contributed by atoms with Gasteiger partial charge in [-0.3, -0.25) is 4.79 Å². The van der Waals surface area contributed by atoms with Gasteiger partial charge in [-0.2, -0.15) is 0 Å². The zero-order chi connectivity index (χ0) is 12.6. The molecule has 1 nitrogen and oxygen atoms in total. The van der Waals surface area contributed by atoms with Gasteiger partial charge < -0.3 is 0 Å². The predicted molar refractivity (Wildman–Crippen MR) is 61.8 cm³/mol. The minimum Gasteiger partial charge on any atom is -0.288 e. The Balaban J connectivity index is 2.48. The van der Waals surface area contributed by atoms with Crippen LogP contribution in [0.2, 0.25) is 0 Å². The highest BCUT2D eigenvalue weighted by molar-refractivity contribution is 9.11. The lowest BCUT2D eigenvalue weighted by molar-refractivity contribution is 0.103. The topological polar surface area (TPSA) is 17.1 Å². The number of ketones is 1. The first-order valence-electron chi connectivity index (χ1n) is 4.43. The van der Waals surface area contributed by atoms with E-state index in [2.05, 4.69) is 15.9 Å². The van der Waals surface area contributed by atoms with E-state index in [9.17, 15) is 18.0 Å². The molecular formula is C11H4BrF3OS. The Morgan fingerprint density at radius 3 is 2.47 bits per heavy atom. The SMILES string of the molecule is O=C(c1csc(Br)c1)c1ccc(F)c(F)c1F. The van der Waals surface area contributed by atoms with E-state index in [-0.39, 0.29) is 5.56 Å². The largest absolute Gasteiger partial charge is 0.288 e. The minimum absolute atomic E-state index is 0.229. The van der Waals surface area contributed by atoms with Gasteiger partial charge in [0.15, 0.2) is 23.2 Å². The van der Waals surface area contributed by atoms with E-state index in [1.165, 1.54) is 22.8 Å². The van der Waals surface area contributed by atoms with Gasteiger partial charge in [-0.05, 0) is 34.1 Å². The van der Waals surface area contributed by atoms with Crippen molar-refractivity contribution in [2.45, 2.75) is 0 Å². The van der Waals surface area contributed by atoms with Crippen LogP contribution in [0, 0.1) is 17.5 Å². The Hall–Kier alpha value is -1.14. The van der Waals surface area contributed by atoms with Crippen molar-refractivity contribution in [1.82, 2.24) is 0 Å². The standard InChI is InChI=1S/C11H4BrF3OS/c12-8-3-5(4-17-8)11(16)6-1-2-7(13)10(15)9(6)14/h1-4H. The van der Waals surface area contributed by atoms with Crippen LogP contribution in [0.1, 0.15) is 15.9 Å². The van der Waals surface area contributed by atoms with Crippen molar-refractivity contribution in [3.63, 3.8) is 0 Å². The summed E-state index contributed by atoms with van der Waals surface area (Å²) in [5, 5.41) is 1.51. The lowest BCUT2D eigenvalue weighted by Gasteiger charge is -2.02. The van der Waals surface area contributed by atoms with E-state index in [0.717, 1.165) is 12.1 Å². The normalized spacial score (nSPS) is 10.6. The monoisotopic (exact) mass is 320 g/mol. The summed E-state index contributed by atoms with van der Waals surface area (Å²) in [6, 6.07) is 3.16. The molecule has 0 amide bonds. The van der Waals surface area contributed by atoms with Crippen LogP contribution in [0.3, 0.4) is 0 Å². The van der Waals surface area contributed by atoms with E-state index in [1.807, 2.05) is 0 Å². The van der Waals surface area contributed by atoms with Gasteiger partial charge in [-0.1, -0.05) is 0 Å². The molecule has 0 spiro atoms. The van der Waals surface area contributed by atoms with Crippen molar-refractivity contribution in [2.24, 2.45) is 0 Å². The zero-order valence-electron chi connectivity index (χ0n) is 8.14. The van der Waals surface area contributed by atoms with Gasteiger partial charge in [0.05, 0.1) is 9.35 Å². The van der Waals surface area contributed by atoms with Gasteiger partial charge in [0.1, 0.15) is 0 Å². The maximum absolute atomic E-state index is 13.4. The molecule has 0 aliphatic rings. The van der Waals surface area contributed by atoms with E-state index < -0.39 is 28.8 Å². The molecule has 0 bridgehead atoms. The average Bonchev–Trinajstić information content (AvgIpc) is 2.72. The zero-order valence-corrected chi connectivity index (χ0v) is 10.5. The van der Waals surface area contributed by atoms with Crippen LogP contribution in [-0.2, 0) is 0 Å². The summed E-state index contributed by atoms with van der Waals surface area (Å²) in [5.74, 6) is -5.09. The number of benzene rings is 1. The predicted octanol–water partition coefficient (Wildman–Crippen LogP) is 4.16. The molecule has 0 saturated carbocycles. The molecule has 0 aliphatic heterocycles. The second kappa shape index (κ2) is 4.62. The fraction of sp³-hybridized carbons (Fsp3) is 0. The first kappa shape index (κ1) is 12.3. The van der Waals surface area contributed by atoms with Crippen LogP contribution in [-0.4, -0.2) is 5.78 Å². The van der Waals surface area contributed by atoms with Gasteiger partial charge in [0.25, 0.3) is 0 Å². The lowest BCUT2D eigenvalue weighted by atomic mass is 10.1. The summed E-state index contributed by atoms with van der Waals surface area (Å²) in [6.45, 7) is 0. The molecule has 6 heteroatoms. The summed E-state index contributed by atoms with van der Waals surface area (Å²) in [5.41, 5.74) is -0.249. The lowest BCUT2D eigenvalue weighted by Crippen LogP contribution is -2.06. The van der Waals surface area contributed by atoms with Gasteiger partial charge in [0.2, 0.25) is 0 Å². The van der Waals surface area contributed by atoms with Gasteiger partial charge >= 0.3 is 0 Å². The van der Waals surface area contributed by atoms with Crippen molar-refractivity contribution >= 4 is 33.0 Å². The molecule has 17 heavy (non-hydrogen) atoms. The molecule has 2 aromatic rings. The Kier molecular flexibility index (Phi) is 3.35. The van der Waals surface area contributed by atoms with Crippen LogP contribution in [0.4, 0.5) is 13.2 Å². The first-order valence-corrected chi connectivity index (χ1v) is 6.10. The highest BCUT2D eigenvalue weighted by Crippen LogP contribution is 2.24. The summed E-state index contributed by atoms with van der Waals surface area (Å²) in [4.78, 5) is 11.8. The molecule has 88 valence electrons. The van der Waals surface area contributed by atoms with Crippen molar-refractivity contribution < 1.29 is 18.0 Å². The molecule has 0 atom stereocenters. The second-order valence-corrected chi connectivity index (χ2v) is 5.48. The number of rotatable bonds is 2. The van der Waals surface area contributed by atoms with Crippen LogP contribution < -0.4 is 0 Å². The van der Waals surface area contributed by atoms with E-state index in [4.69, 9.17) is 0 Å². The maximum Gasteiger partial charge on any atom is 0.196 e. The van der Waals surface area contributed by atoms with Crippen molar-refractivity contribution in [2.75, 3.05) is 0 Å². The third-order valence-electron chi connectivity index (χ3n) is 2.11. The molecule has 1 aromatic heterocycles. The van der Waals surface area contributed by atoms with Crippen LogP contribution in [0.5, 0.6) is 0 Å². The second-order valence-electron chi connectivity index (χ2n) is 3.19. The number of carbonyl (C=O) groups is 1. The third-order valence-corrected chi connectivity index (χ3v) is 3.61. The number of hydrogen-bond donors (Lipinski definition) is 0. The molecule has 0 saturated heterocycles. The summed E-state index contributed by atoms with van der Waals surface area (Å²) < 4.78 is 39.7. The van der Waals surface area contributed by atoms with Crippen molar-refractivity contribution in [1.29, 1.82) is 0 Å². The molecule has 0 radical (unpaired) electrons. The Labute approximate surface area is 107 Å². The molecule has 0 aliphatic carbocycles. The molecule has 0 fully saturated rings. The Morgan fingerprint density at radius 1 is 1.18 bits per heavy atom. The smallest absolute Gasteiger partial charge is 0.196 e. The van der Waals surface area contributed by atoms with E-state index in [0.29, 0.717) is 3.79 Å². The third kappa shape index (κ3) is 2.28. The number of thiophene rings is 1. The quantitative estimate of drug-likeness (QED) is 0.600. The Bertz CT molecular complexity index is 594. The van der Waals surface area contributed by atoms with E-state index in [1.54, 1.807) is 0 Å². The van der Waals surface area contributed by atoms with Crippen molar-refractivity contribution in [3.8, 4) is 0 Å². The van der Waals surface area contributed by atoms with Crippen LogP contribution in [0.15, 0.2) is 27.4 Å². The van der Waals surface area contributed by atoms with Gasteiger partial charge in [-0.15, -0.1) is 11.3 Å². The summed E-state index contributed by atoms with van der Waals surface area (Å²) in [6.07, 6.45) is 0. The van der Waals surface area contributed by atoms with Crippen molar-refractivity contribution in [3.05, 3.63) is 55.9 Å². The number of hydrogen-bond acceptors (Lipinski definition) is 2. The highest BCUT2D eigenvalue weighted by Gasteiger charge is 2.20. The molecule has 2 rings (SSSR count). The highest BCUT2D eigenvalue weighted by atomic mass is 79.9. The van der Waals surface area contributed by atoms with E-state index >= 15 is 0 Å². The first-order chi connectivity index (χ1) is 8.00. The summed E-state index contributed by atoms with van der Waals surface area (Å²) >= 11 is 4.40. The fourth-order valence-electron chi connectivity index (χ4n) is 1.29. The van der Waals surface area contributed by atoms with Crippen LogP contribution >= 0.6 is 27.3 Å².